The number of hydrogen-bond donors (Lipinski definition) is 2. The molecule has 0 unspecified atom stereocenters. The average molecular weight is 440 g/mol. The summed E-state index contributed by atoms with van der Waals surface area (Å²) in [7, 11) is 0. The van der Waals surface area contributed by atoms with Gasteiger partial charge in [0.25, 0.3) is 5.91 Å². The van der Waals surface area contributed by atoms with Gasteiger partial charge < -0.3 is 15.2 Å². The molecule has 0 aliphatic heterocycles. The highest BCUT2D eigenvalue weighted by Crippen LogP contribution is 2.25. The van der Waals surface area contributed by atoms with Crippen LogP contribution in [-0.2, 0) is 16.6 Å². The molecule has 3 aromatic rings. The van der Waals surface area contributed by atoms with E-state index in [1.54, 1.807) is 31.2 Å². The molecular formula is C24H26ClN3O3. The largest absolute Gasteiger partial charge is 0.344 e. The van der Waals surface area contributed by atoms with E-state index in [1.165, 1.54) is 0 Å². The van der Waals surface area contributed by atoms with E-state index in [0.29, 0.717) is 29.1 Å². The normalized spacial score (nSPS) is 11.3. The van der Waals surface area contributed by atoms with E-state index >= 15 is 0 Å². The van der Waals surface area contributed by atoms with E-state index in [4.69, 9.17) is 16.1 Å². The van der Waals surface area contributed by atoms with Gasteiger partial charge >= 0.3 is 0 Å². The summed E-state index contributed by atoms with van der Waals surface area (Å²) in [5, 5.41) is 9.72. The van der Waals surface area contributed by atoms with Crippen LogP contribution in [0.1, 0.15) is 54.4 Å². The van der Waals surface area contributed by atoms with Gasteiger partial charge in [-0.1, -0.05) is 50.2 Å². The van der Waals surface area contributed by atoms with Gasteiger partial charge in [-0.25, -0.2) is 0 Å². The minimum Gasteiger partial charge on any atom is -0.344 e. The van der Waals surface area contributed by atoms with Crippen LogP contribution in [0.5, 0.6) is 0 Å². The van der Waals surface area contributed by atoms with Crippen LogP contribution < -0.4 is 10.6 Å². The molecule has 0 saturated heterocycles. The Bertz CT molecular complexity index is 1060. The number of nitrogens with zero attached hydrogens (tertiary/aromatic N) is 1. The summed E-state index contributed by atoms with van der Waals surface area (Å²) in [5.74, 6) is -0.443. The lowest BCUT2D eigenvalue weighted by Gasteiger charge is -2.19. The third-order valence-corrected chi connectivity index (χ3v) is 5.30. The number of aryl methyl sites for hydroxylation is 1. The number of carbonyl (C=O) groups is 2. The van der Waals surface area contributed by atoms with Crippen molar-refractivity contribution in [2.24, 2.45) is 0 Å². The van der Waals surface area contributed by atoms with Crippen molar-refractivity contribution in [3.63, 3.8) is 0 Å². The molecule has 6 nitrogen and oxygen atoms in total. The molecule has 2 amide bonds. The first-order chi connectivity index (χ1) is 14.6. The topological polar surface area (TPSA) is 84.2 Å². The Morgan fingerprint density at radius 1 is 1.00 bits per heavy atom. The molecule has 0 aliphatic rings. The van der Waals surface area contributed by atoms with E-state index in [0.717, 1.165) is 11.1 Å². The van der Waals surface area contributed by atoms with Gasteiger partial charge in [-0.2, -0.15) is 0 Å². The maximum absolute atomic E-state index is 12.7. The first kappa shape index (κ1) is 22.6. The van der Waals surface area contributed by atoms with Gasteiger partial charge in [0, 0.05) is 17.5 Å². The highest BCUT2D eigenvalue weighted by molar-refractivity contribution is 6.29. The standard InChI is InChI=1S/C24H26ClN3O3/c1-15-18(22(25)31-28-15)13-14-21(29)26-19-7-5-6-8-20(19)27-23(30)16-9-11-17(12-10-16)24(2,3)4/h5-12H,13-14H2,1-4H3,(H,26,29)(H,27,30). The number of anilines is 2. The molecule has 0 atom stereocenters. The van der Waals surface area contributed by atoms with Crippen LogP contribution in [-0.4, -0.2) is 17.0 Å². The number of hydrogen-bond acceptors (Lipinski definition) is 4. The Hall–Kier alpha value is -3.12. The predicted octanol–water partition coefficient (Wildman–Crippen LogP) is 5.76. The predicted molar refractivity (Wildman–Crippen MR) is 123 cm³/mol. The molecule has 0 bridgehead atoms. The molecule has 0 aliphatic carbocycles. The molecule has 31 heavy (non-hydrogen) atoms. The fourth-order valence-corrected chi connectivity index (χ4v) is 3.37. The highest BCUT2D eigenvalue weighted by Gasteiger charge is 2.16. The number of nitrogens with one attached hydrogen (secondary N) is 2. The SMILES string of the molecule is Cc1noc(Cl)c1CCC(=O)Nc1ccccc1NC(=O)c1ccc(C(C)(C)C)cc1. The van der Waals surface area contributed by atoms with E-state index in [1.807, 2.05) is 24.3 Å². The Labute approximate surface area is 187 Å². The lowest BCUT2D eigenvalue weighted by molar-refractivity contribution is -0.116. The van der Waals surface area contributed by atoms with E-state index < -0.39 is 0 Å². The Morgan fingerprint density at radius 3 is 2.16 bits per heavy atom. The first-order valence-electron chi connectivity index (χ1n) is 10.1. The summed E-state index contributed by atoms with van der Waals surface area (Å²) >= 11 is 5.96. The molecule has 0 fully saturated rings. The van der Waals surface area contributed by atoms with Crippen molar-refractivity contribution in [3.05, 3.63) is 76.1 Å². The van der Waals surface area contributed by atoms with Crippen molar-refractivity contribution in [2.45, 2.75) is 46.0 Å². The first-order valence-corrected chi connectivity index (χ1v) is 10.4. The van der Waals surface area contributed by atoms with Crippen molar-refractivity contribution >= 4 is 34.8 Å². The van der Waals surface area contributed by atoms with Gasteiger partial charge in [0.15, 0.2) is 0 Å². The van der Waals surface area contributed by atoms with Crippen LogP contribution in [0, 0.1) is 6.92 Å². The zero-order valence-electron chi connectivity index (χ0n) is 18.1. The number of para-hydroxylation sites is 2. The lowest BCUT2D eigenvalue weighted by Crippen LogP contribution is -2.17. The maximum Gasteiger partial charge on any atom is 0.255 e. The van der Waals surface area contributed by atoms with Crippen molar-refractivity contribution in [3.8, 4) is 0 Å². The molecule has 162 valence electrons. The van der Waals surface area contributed by atoms with Gasteiger partial charge in [0.05, 0.1) is 17.1 Å². The molecule has 3 rings (SSSR count). The number of aromatic nitrogens is 1. The Kier molecular flexibility index (Phi) is 6.81. The fourth-order valence-electron chi connectivity index (χ4n) is 3.11. The van der Waals surface area contributed by atoms with E-state index in [9.17, 15) is 9.59 Å². The molecule has 2 aromatic carbocycles. The van der Waals surface area contributed by atoms with Gasteiger partial charge in [-0.15, -0.1) is 0 Å². The van der Waals surface area contributed by atoms with Crippen LogP contribution in [0.15, 0.2) is 53.1 Å². The smallest absolute Gasteiger partial charge is 0.255 e. The molecule has 2 N–H and O–H groups in total. The van der Waals surface area contributed by atoms with Crippen molar-refractivity contribution in [1.29, 1.82) is 0 Å². The second kappa shape index (κ2) is 9.35. The van der Waals surface area contributed by atoms with Crippen LogP contribution in [0.25, 0.3) is 0 Å². The van der Waals surface area contributed by atoms with E-state index in [-0.39, 0.29) is 28.9 Å². The van der Waals surface area contributed by atoms with Gasteiger partial charge in [0.1, 0.15) is 0 Å². The summed E-state index contributed by atoms with van der Waals surface area (Å²) in [6.07, 6.45) is 0.618. The summed E-state index contributed by atoms with van der Waals surface area (Å²) in [5.41, 5.74) is 4.16. The van der Waals surface area contributed by atoms with Gasteiger partial charge in [0.2, 0.25) is 11.1 Å². The third-order valence-electron chi connectivity index (χ3n) is 5.00. The maximum atomic E-state index is 12.7. The molecule has 1 aromatic heterocycles. The van der Waals surface area contributed by atoms with Crippen LogP contribution in [0.4, 0.5) is 11.4 Å². The summed E-state index contributed by atoms with van der Waals surface area (Å²) in [4.78, 5) is 25.2. The molecule has 0 radical (unpaired) electrons. The van der Waals surface area contributed by atoms with Crippen molar-refractivity contribution < 1.29 is 14.1 Å². The van der Waals surface area contributed by atoms with Gasteiger partial charge in [-0.3, -0.25) is 9.59 Å². The number of halogens is 1. The summed E-state index contributed by atoms with van der Waals surface area (Å²) in [6, 6.07) is 14.6. The van der Waals surface area contributed by atoms with Crippen LogP contribution in [0.3, 0.4) is 0 Å². The van der Waals surface area contributed by atoms with Crippen molar-refractivity contribution in [2.75, 3.05) is 10.6 Å². The highest BCUT2D eigenvalue weighted by atomic mass is 35.5. The van der Waals surface area contributed by atoms with Gasteiger partial charge in [-0.05, 0) is 60.2 Å². The number of carbonyl (C=O) groups excluding carboxylic acids is 2. The zero-order valence-corrected chi connectivity index (χ0v) is 18.8. The quantitative estimate of drug-likeness (QED) is 0.511. The minimum atomic E-state index is -0.242. The van der Waals surface area contributed by atoms with E-state index in [2.05, 4.69) is 36.6 Å². The number of benzene rings is 2. The second-order valence-electron chi connectivity index (χ2n) is 8.40. The Balaban J connectivity index is 1.66. The molecular weight excluding hydrogens is 414 g/mol. The Morgan fingerprint density at radius 2 is 1.61 bits per heavy atom. The lowest BCUT2D eigenvalue weighted by atomic mass is 9.87. The summed E-state index contributed by atoms with van der Waals surface area (Å²) in [6.45, 7) is 8.15. The number of amides is 2. The van der Waals surface area contributed by atoms with Crippen LogP contribution >= 0.6 is 11.6 Å². The minimum absolute atomic E-state index is 0.0151. The second-order valence-corrected chi connectivity index (χ2v) is 8.74. The molecule has 0 saturated carbocycles. The average Bonchev–Trinajstić information content (AvgIpc) is 3.05. The zero-order chi connectivity index (χ0) is 22.6. The molecule has 1 heterocycles. The molecule has 0 spiro atoms. The summed E-state index contributed by atoms with van der Waals surface area (Å²) < 4.78 is 4.91. The third kappa shape index (κ3) is 5.73. The van der Waals surface area contributed by atoms with Crippen molar-refractivity contribution in [1.82, 2.24) is 5.16 Å². The fraction of sp³-hybridized carbons (Fsp3) is 0.292. The monoisotopic (exact) mass is 439 g/mol. The van der Waals surface area contributed by atoms with Crippen LogP contribution in [0.2, 0.25) is 5.22 Å². The molecule has 7 heteroatoms. The number of rotatable bonds is 6.